The van der Waals surface area contributed by atoms with Crippen LogP contribution in [0.5, 0.6) is 0 Å². The van der Waals surface area contributed by atoms with E-state index in [0.29, 0.717) is 19.1 Å². The van der Waals surface area contributed by atoms with Crippen LogP contribution in [0.2, 0.25) is 0 Å². The van der Waals surface area contributed by atoms with Gasteiger partial charge in [0.2, 0.25) is 5.91 Å². The van der Waals surface area contributed by atoms with E-state index < -0.39 is 0 Å². The Morgan fingerprint density at radius 1 is 1.57 bits per heavy atom. The molecule has 1 atom stereocenters. The summed E-state index contributed by atoms with van der Waals surface area (Å²) in [5.41, 5.74) is 0.0569. The molecule has 0 aromatic carbocycles. The smallest absolute Gasteiger partial charge is 0.249 e. The molecule has 1 unspecified atom stereocenters. The third-order valence-electron chi connectivity index (χ3n) is 2.39. The lowest BCUT2D eigenvalue weighted by atomic mass is 9.95. The van der Waals surface area contributed by atoms with Gasteiger partial charge in [0, 0.05) is 12.0 Å². The fraction of sp³-hybridized carbons (Fsp3) is 0.909. The van der Waals surface area contributed by atoms with Crippen molar-refractivity contribution in [1.29, 1.82) is 0 Å². The average molecular weight is 199 g/mol. The Bertz CT molecular complexity index is 211. The van der Waals surface area contributed by atoms with Crippen molar-refractivity contribution in [3.8, 4) is 0 Å². The minimum Gasteiger partial charge on any atom is -0.368 e. The van der Waals surface area contributed by atoms with E-state index in [-0.39, 0.29) is 17.4 Å². The second-order valence-corrected chi connectivity index (χ2v) is 5.31. The largest absolute Gasteiger partial charge is 0.368 e. The zero-order valence-corrected chi connectivity index (χ0v) is 9.59. The van der Waals surface area contributed by atoms with Gasteiger partial charge in [-0.3, -0.25) is 4.79 Å². The normalized spacial score (nSPS) is 27.2. The summed E-state index contributed by atoms with van der Waals surface area (Å²) in [6, 6.07) is 0. The van der Waals surface area contributed by atoms with Gasteiger partial charge in [0.1, 0.15) is 6.10 Å². The van der Waals surface area contributed by atoms with E-state index in [2.05, 4.69) is 33.0 Å². The van der Waals surface area contributed by atoms with Gasteiger partial charge >= 0.3 is 0 Å². The summed E-state index contributed by atoms with van der Waals surface area (Å²) in [4.78, 5) is 11.6. The summed E-state index contributed by atoms with van der Waals surface area (Å²) < 4.78 is 5.63. The zero-order valence-electron chi connectivity index (χ0n) is 9.59. The van der Waals surface area contributed by atoms with Gasteiger partial charge in [-0.1, -0.05) is 27.7 Å². The van der Waals surface area contributed by atoms with Crippen LogP contribution < -0.4 is 5.32 Å². The molecule has 1 heterocycles. The van der Waals surface area contributed by atoms with Gasteiger partial charge in [0.15, 0.2) is 0 Å². The number of carbonyl (C=O) groups excluding carboxylic acids is 1. The molecule has 0 aromatic heterocycles. The Kier molecular flexibility index (Phi) is 3.53. The average Bonchev–Trinajstić information content (AvgIpc) is 2.17. The first-order valence-corrected chi connectivity index (χ1v) is 5.30. The molecule has 82 valence electrons. The monoisotopic (exact) mass is 199 g/mol. The summed E-state index contributed by atoms with van der Waals surface area (Å²) in [6.45, 7) is 9.78. The fourth-order valence-electron chi connectivity index (χ4n) is 1.50. The topological polar surface area (TPSA) is 38.3 Å². The van der Waals surface area contributed by atoms with Gasteiger partial charge in [-0.05, 0) is 12.3 Å². The van der Waals surface area contributed by atoms with Crippen LogP contribution in [0, 0.1) is 11.3 Å². The quantitative estimate of drug-likeness (QED) is 0.733. The molecule has 1 aliphatic rings. The summed E-state index contributed by atoms with van der Waals surface area (Å²) >= 11 is 0. The molecule has 3 nitrogen and oxygen atoms in total. The van der Waals surface area contributed by atoms with Crippen molar-refractivity contribution >= 4 is 5.91 Å². The Balaban J connectivity index is 2.56. The number of hydrogen-bond acceptors (Lipinski definition) is 2. The maximum Gasteiger partial charge on any atom is 0.249 e. The molecule has 0 aromatic rings. The first-order chi connectivity index (χ1) is 6.41. The first kappa shape index (κ1) is 11.5. The highest BCUT2D eigenvalue weighted by Gasteiger charge is 2.30. The highest BCUT2D eigenvalue weighted by Crippen LogP contribution is 2.20. The van der Waals surface area contributed by atoms with E-state index in [1.54, 1.807) is 0 Å². The molecule has 0 aliphatic carbocycles. The molecule has 14 heavy (non-hydrogen) atoms. The number of ether oxygens (including phenoxy) is 1. The minimum absolute atomic E-state index is 0.0456. The number of hydrogen-bond donors (Lipinski definition) is 1. The lowest BCUT2D eigenvalue weighted by molar-refractivity contribution is -0.132. The van der Waals surface area contributed by atoms with Crippen molar-refractivity contribution in [2.75, 3.05) is 13.2 Å². The van der Waals surface area contributed by atoms with Crippen LogP contribution in [0.4, 0.5) is 0 Å². The first-order valence-electron chi connectivity index (χ1n) is 5.30. The van der Waals surface area contributed by atoms with E-state index in [4.69, 9.17) is 4.74 Å². The van der Waals surface area contributed by atoms with Crippen LogP contribution in [-0.4, -0.2) is 25.2 Å². The number of rotatable bonds is 2. The van der Waals surface area contributed by atoms with Gasteiger partial charge in [0.25, 0.3) is 0 Å². The third kappa shape index (κ3) is 3.29. The van der Waals surface area contributed by atoms with Gasteiger partial charge in [-0.15, -0.1) is 0 Å². The molecule has 0 bridgehead atoms. The van der Waals surface area contributed by atoms with Gasteiger partial charge in [-0.25, -0.2) is 0 Å². The molecule has 1 rings (SSSR count). The summed E-state index contributed by atoms with van der Waals surface area (Å²) in [6.07, 6.45) is 0.554. The van der Waals surface area contributed by atoms with Crippen molar-refractivity contribution < 1.29 is 9.53 Å². The molecule has 1 aliphatic heterocycles. The Morgan fingerprint density at radius 3 is 2.79 bits per heavy atom. The standard InChI is InChI=1S/C11H21NO2/c1-8(2)5-9-10(13)12-6-11(3,4)7-14-9/h8-9H,5-7H2,1-4H3,(H,12,13). The zero-order chi connectivity index (χ0) is 10.8. The van der Waals surface area contributed by atoms with Gasteiger partial charge in [-0.2, -0.15) is 0 Å². The highest BCUT2D eigenvalue weighted by atomic mass is 16.5. The Morgan fingerprint density at radius 2 is 2.21 bits per heavy atom. The number of nitrogens with one attached hydrogen (secondary N) is 1. The van der Waals surface area contributed by atoms with Crippen molar-refractivity contribution in [3.63, 3.8) is 0 Å². The minimum atomic E-state index is -0.253. The number of amides is 1. The molecular weight excluding hydrogens is 178 g/mol. The van der Waals surface area contributed by atoms with Crippen LogP contribution in [0.1, 0.15) is 34.1 Å². The van der Waals surface area contributed by atoms with Gasteiger partial charge < -0.3 is 10.1 Å². The second-order valence-electron chi connectivity index (χ2n) is 5.31. The molecule has 1 fully saturated rings. The predicted molar refractivity (Wildman–Crippen MR) is 56.0 cm³/mol. The van der Waals surface area contributed by atoms with Crippen LogP contribution in [0.3, 0.4) is 0 Å². The molecule has 0 spiro atoms. The maximum atomic E-state index is 11.6. The predicted octanol–water partition coefficient (Wildman–Crippen LogP) is 1.57. The molecule has 1 N–H and O–H groups in total. The molecule has 0 radical (unpaired) electrons. The third-order valence-corrected chi connectivity index (χ3v) is 2.39. The van der Waals surface area contributed by atoms with Crippen LogP contribution >= 0.6 is 0 Å². The van der Waals surface area contributed by atoms with E-state index in [1.165, 1.54) is 0 Å². The van der Waals surface area contributed by atoms with E-state index in [1.807, 2.05) is 0 Å². The summed E-state index contributed by atoms with van der Waals surface area (Å²) in [5, 5.41) is 2.93. The Hall–Kier alpha value is -0.570. The molecular formula is C11H21NO2. The van der Waals surface area contributed by atoms with Crippen LogP contribution in [-0.2, 0) is 9.53 Å². The van der Waals surface area contributed by atoms with E-state index >= 15 is 0 Å². The molecule has 0 saturated carbocycles. The fourth-order valence-corrected chi connectivity index (χ4v) is 1.50. The van der Waals surface area contributed by atoms with Crippen LogP contribution in [0.15, 0.2) is 0 Å². The highest BCUT2D eigenvalue weighted by molar-refractivity contribution is 5.81. The van der Waals surface area contributed by atoms with Crippen molar-refractivity contribution in [1.82, 2.24) is 5.32 Å². The lowest BCUT2D eigenvalue weighted by Crippen LogP contribution is -2.36. The van der Waals surface area contributed by atoms with E-state index in [9.17, 15) is 4.79 Å². The van der Waals surface area contributed by atoms with Crippen molar-refractivity contribution in [3.05, 3.63) is 0 Å². The second kappa shape index (κ2) is 4.30. The summed E-state index contributed by atoms with van der Waals surface area (Å²) in [7, 11) is 0. The SMILES string of the molecule is CC(C)CC1OCC(C)(C)CNC1=O. The number of carbonyl (C=O) groups is 1. The molecule has 1 amide bonds. The van der Waals surface area contributed by atoms with Crippen molar-refractivity contribution in [2.45, 2.75) is 40.2 Å². The maximum absolute atomic E-state index is 11.6. The molecule has 3 heteroatoms. The Labute approximate surface area is 86.2 Å². The van der Waals surface area contributed by atoms with Crippen LogP contribution in [0.25, 0.3) is 0 Å². The van der Waals surface area contributed by atoms with Crippen molar-refractivity contribution in [2.24, 2.45) is 11.3 Å². The van der Waals surface area contributed by atoms with Gasteiger partial charge in [0.05, 0.1) is 6.61 Å². The summed E-state index contributed by atoms with van der Waals surface area (Å²) in [5.74, 6) is 0.538. The van der Waals surface area contributed by atoms with E-state index in [0.717, 1.165) is 6.42 Å². The molecule has 1 saturated heterocycles. The lowest BCUT2D eigenvalue weighted by Gasteiger charge is -2.21.